The summed E-state index contributed by atoms with van der Waals surface area (Å²) in [5.41, 5.74) is 0.843. The first kappa shape index (κ1) is 18.5. The van der Waals surface area contributed by atoms with Crippen molar-refractivity contribution < 1.29 is 19.0 Å². The van der Waals surface area contributed by atoms with Gasteiger partial charge in [-0.05, 0) is 25.0 Å². The second-order valence-electron chi connectivity index (χ2n) is 5.86. The van der Waals surface area contributed by atoms with E-state index in [2.05, 4.69) is 4.90 Å². The number of nitrogens with zero attached hydrogens (tertiary/aromatic N) is 1. The van der Waals surface area contributed by atoms with E-state index < -0.39 is 5.97 Å². The van der Waals surface area contributed by atoms with Gasteiger partial charge in [0.15, 0.2) is 11.5 Å². The van der Waals surface area contributed by atoms with E-state index >= 15 is 0 Å². The Morgan fingerprint density at radius 3 is 1.96 bits per heavy atom. The second kappa shape index (κ2) is 8.87. The number of methoxy groups -OCH3 is 2. The fourth-order valence-corrected chi connectivity index (χ4v) is 3.18. The molecule has 1 aliphatic rings. The highest BCUT2D eigenvalue weighted by Crippen LogP contribution is 2.39. The molecule has 0 saturated carbocycles. The van der Waals surface area contributed by atoms with Crippen LogP contribution in [0.4, 0.5) is 0 Å². The van der Waals surface area contributed by atoms with Crippen LogP contribution in [0.25, 0.3) is 0 Å². The van der Waals surface area contributed by atoms with Crippen molar-refractivity contribution in [3.05, 3.63) is 17.7 Å². The van der Waals surface area contributed by atoms with Crippen LogP contribution in [0.1, 0.15) is 44.6 Å². The predicted octanol–water partition coefficient (Wildman–Crippen LogP) is 3.57. The van der Waals surface area contributed by atoms with Gasteiger partial charge < -0.3 is 19.1 Å². The van der Waals surface area contributed by atoms with E-state index in [1.165, 1.54) is 40.4 Å². The maximum atomic E-state index is 11.3. The molecule has 0 N–H and O–H groups in total. The van der Waals surface area contributed by atoms with Crippen LogP contribution in [0.3, 0.4) is 0 Å². The van der Waals surface area contributed by atoms with Crippen LogP contribution in [0.15, 0.2) is 12.1 Å². The Labute approximate surface area is 148 Å². The fraction of sp³-hybridized carbons (Fsp3) is 0.556. The number of carbonyl (C=O) groups is 1. The average Bonchev–Trinajstić information content (AvgIpc) is 2.53. The van der Waals surface area contributed by atoms with Gasteiger partial charge in [-0.25, -0.2) is 0 Å². The van der Waals surface area contributed by atoms with Crippen LogP contribution < -0.4 is 14.2 Å². The van der Waals surface area contributed by atoms with E-state index in [-0.39, 0.29) is 5.75 Å². The van der Waals surface area contributed by atoms with Gasteiger partial charge in [0.2, 0.25) is 5.75 Å². The summed E-state index contributed by atoms with van der Waals surface area (Å²) in [6, 6.07) is 3.61. The van der Waals surface area contributed by atoms with E-state index in [1.807, 2.05) is 12.1 Å². The number of esters is 1. The molecule has 0 aromatic heterocycles. The van der Waals surface area contributed by atoms with E-state index in [4.69, 9.17) is 26.4 Å². The minimum Gasteiger partial charge on any atom is -0.493 e. The van der Waals surface area contributed by atoms with E-state index in [9.17, 15) is 4.79 Å². The lowest BCUT2D eigenvalue weighted by Crippen LogP contribution is -2.33. The van der Waals surface area contributed by atoms with Crippen molar-refractivity contribution in [1.29, 1.82) is 0 Å². The molecule has 1 fully saturated rings. The van der Waals surface area contributed by atoms with Gasteiger partial charge in [-0.3, -0.25) is 4.79 Å². The Morgan fingerprint density at radius 2 is 1.50 bits per heavy atom. The Balaban J connectivity index is 2.31. The summed E-state index contributed by atoms with van der Waals surface area (Å²) in [6.07, 6.45) is 6.10. The zero-order valence-electron chi connectivity index (χ0n) is 14.6. The van der Waals surface area contributed by atoms with E-state index in [0.717, 1.165) is 36.5 Å². The Bertz CT molecular complexity index is 570. The van der Waals surface area contributed by atoms with E-state index in [1.54, 1.807) is 0 Å². The molecule has 0 radical (unpaired) electrons. The number of benzene rings is 1. The van der Waals surface area contributed by atoms with Gasteiger partial charge >= 0.3 is 5.97 Å². The van der Waals surface area contributed by atoms with Crippen molar-refractivity contribution in [3.8, 4) is 17.2 Å². The molecule has 1 aromatic carbocycles. The minimum absolute atomic E-state index is 0.284. The first-order valence-corrected chi connectivity index (χ1v) is 8.71. The van der Waals surface area contributed by atoms with Gasteiger partial charge in [-0.2, -0.15) is 0 Å². The first-order chi connectivity index (χ1) is 11.6. The monoisotopic (exact) mass is 351 g/mol. The molecule has 1 aliphatic heterocycles. The number of thiocarbonyl (C=S) groups is 1. The Morgan fingerprint density at radius 1 is 1.00 bits per heavy atom. The largest absolute Gasteiger partial charge is 0.493 e. The molecule has 5 nitrogen and oxygen atoms in total. The molecule has 0 bridgehead atoms. The van der Waals surface area contributed by atoms with Crippen LogP contribution in [0.5, 0.6) is 17.2 Å². The summed E-state index contributed by atoms with van der Waals surface area (Å²) in [5, 5.41) is 0. The number of hydrogen-bond donors (Lipinski definition) is 0. The zero-order valence-corrected chi connectivity index (χ0v) is 15.4. The van der Waals surface area contributed by atoms with Crippen LogP contribution in [-0.2, 0) is 4.79 Å². The van der Waals surface area contributed by atoms with Crippen molar-refractivity contribution in [2.24, 2.45) is 0 Å². The minimum atomic E-state index is -0.425. The third-order valence-corrected chi connectivity index (χ3v) is 4.59. The number of rotatable bonds is 4. The topological polar surface area (TPSA) is 48.0 Å². The van der Waals surface area contributed by atoms with Crippen molar-refractivity contribution in [2.75, 3.05) is 27.3 Å². The summed E-state index contributed by atoms with van der Waals surface area (Å²) < 4.78 is 16.0. The van der Waals surface area contributed by atoms with Crippen molar-refractivity contribution >= 4 is 23.2 Å². The SMILES string of the molecule is COc1cc(C(=S)N2CCCCCCC2)cc(OC)c1OC(C)=O. The number of hydrogen-bond acceptors (Lipinski definition) is 5. The standard InChI is InChI=1S/C18H25NO4S/c1-13(20)23-17-15(21-2)11-14(12-16(17)22-3)18(24)19-9-7-5-4-6-8-10-19/h11-12H,4-10H2,1-3H3. The third kappa shape index (κ3) is 4.60. The molecule has 2 rings (SSSR count). The molecular weight excluding hydrogens is 326 g/mol. The van der Waals surface area contributed by atoms with Crippen LogP contribution in [0, 0.1) is 0 Å². The van der Waals surface area contributed by atoms with E-state index in [0.29, 0.717) is 11.5 Å². The molecule has 1 aromatic rings. The highest BCUT2D eigenvalue weighted by Gasteiger charge is 2.20. The number of ether oxygens (including phenoxy) is 3. The molecular formula is C18H25NO4S. The van der Waals surface area contributed by atoms with Gasteiger partial charge in [0, 0.05) is 25.6 Å². The first-order valence-electron chi connectivity index (χ1n) is 8.30. The predicted molar refractivity (Wildman–Crippen MR) is 97.2 cm³/mol. The summed E-state index contributed by atoms with van der Waals surface area (Å²) in [5.74, 6) is 0.736. The van der Waals surface area contributed by atoms with Gasteiger partial charge in [0.05, 0.1) is 14.2 Å². The van der Waals surface area contributed by atoms with Crippen LogP contribution in [-0.4, -0.2) is 43.2 Å². The zero-order chi connectivity index (χ0) is 17.5. The molecule has 1 saturated heterocycles. The summed E-state index contributed by atoms with van der Waals surface area (Å²) in [4.78, 5) is 14.3. The maximum absolute atomic E-state index is 11.3. The molecule has 6 heteroatoms. The molecule has 0 atom stereocenters. The van der Waals surface area contributed by atoms with Gasteiger partial charge in [0.1, 0.15) is 4.99 Å². The normalized spacial score (nSPS) is 15.2. The van der Waals surface area contributed by atoms with Crippen molar-refractivity contribution in [1.82, 2.24) is 4.90 Å². The molecule has 24 heavy (non-hydrogen) atoms. The van der Waals surface area contributed by atoms with Gasteiger partial charge in [-0.15, -0.1) is 0 Å². The molecule has 0 unspecified atom stereocenters. The Kier molecular flexibility index (Phi) is 6.85. The van der Waals surface area contributed by atoms with Gasteiger partial charge in [-0.1, -0.05) is 31.5 Å². The summed E-state index contributed by atoms with van der Waals surface area (Å²) in [7, 11) is 3.06. The Hall–Kier alpha value is -1.82. The third-order valence-electron chi connectivity index (χ3n) is 4.10. The number of carbonyl (C=O) groups excluding carboxylic acids is 1. The van der Waals surface area contributed by atoms with Crippen molar-refractivity contribution in [3.63, 3.8) is 0 Å². The molecule has 132 valence electrons. The highest BCUT2D eigenvalue weighted by molar-refractivity contribution is 7.80. The van der Waals surface area contributed by atoms with Crippen LogP contribution in [0.2, 0.25) is 0 Å². The average molecular weight is 351 g/mol. The summed E-state index contributed by atoms with van der Waals surface area (Å²) in [6.45, 7) is 3.28. The highest BCUT2D eigenvalue weighted by atomic mass is 32.1. The number of likely N-dealkylation sites (tertiary alicyclic amines) is 1. The van der Waals surface area contributed by atoms with Crippen molar-refractivity contribution in [2.45, 2.75) is 39.0 Å². The second-order valence-corrected chi connectivity index (χ2v) is 6.25. The van der Waals surface area contributed by atoms with Gasteiger partial charge in [0.25, 0.3) is 0 Å². The quantitative estimate of drug-likeness (QED) is 0.469. The molecule has 0 spiro atoms. The molecule has 0 aliphatic carbocycles. The van der Waals surface area contributed by atoms with Crippen LogP contribution >= 0.6 is 12.2 Å². The smallest absolute Gasteiger partial charge is 0.308 e. The fourth-order valence-electron chi connectivity index (χ4n) is 2.88. The summed E-state index contributed by atoms with van der Waals surface area (Å²) >= 11 is 5.70. The molecule has 0 amide bonds. The lowest BCUT2D eigenvalue weighted by atomic mass is 10.1. The maximum Gasteiger partial charge on any atom is 0.308 e. The lowest BCUT2D eigenvalue weighted by Gasteiger charge is -2.28. The molecule has 1 heterocycles. The lowest BCUT2D eigenvalue weighted by molar-refractivity contribution is -0.132.